The molecule has 2 unspecified atom stereocenters. The van der Waals surface area contributed by atoms with Crippen LogP contribution in [-0.2, 0) is 4.79 Å². The van der Waals surface area contributed by atoms with Crippen LogP contribution in [0.25, 0.3) is 0 Å². The first-order valence-electron chi connectivity index (χ1n) is 6.03. The van der Waals surface area contributed by atoms with Crippen molar-refractivity contribution >= 4 is 11.6 Å². The number of benzene rings is 1. The zero-order valence-corrected chi connectivity index (χ0v) is 10.4. The van der Waals surface area contributed by atoms with Crippen LogP contribution in [0, 0.1) is 0 Å². The van der Waals surface area contributed by atoms with E-state index >= 15 is 0 Å². The molecular formula is C13H16N2O3. The second kappa shape index (κ2) is 3.62. The van der Waals surface area contributed by atoms with Crippen LogP contribution in [0.1, 0.15) is 24.8 Å². The van der Waals surface area contributed by atoms with Gasteiger partial charge in [0.2, 0.25) is 11.8 Å². The average molecular weight is 248 g/mol. The highest BCUT2D eigenvalue weighted by atomic mass is 16.5. The Morgan fingerprint density at radius 1 is 1.61 bits per heavy atom. The first kappa shape index (κ1) is 11.3. The maximum Gasteiger partial charge on any atom is 0.226 e. The molecule has 0 spiro atoms. The highest BCUT2D eigenvalue weighted by Gasteiger charge is 2.54. The zero-order chi connectivity index (χ0) is 12.9. The molecule has 1 aromatic carbocycles. The lowest BCUT2D eigenvalue weighted by Crippen LogP contribution is -2.52. The molecule has 5 nitrogen and oxygen atoms in total. The summed E-state index contributed by atoms with van der Waals surface area (Å²) >= 11 is 0. The number of methoxy groups -OCH3 is 1. The van der Waals surface area contributed by atoms with E-state index in [9.17, 15) is 9.90 Å². The van der Waals surface area contributed by atoms with Gasteiger partial charge in [-0.15, -0.1) is 0 Å². The Bertz CT molecular complexity index is 517. The third kappa shape index (κ3) is 1.34. The third-order valence-electron chi connectivity index (χ3n) is 3.87. The summed E-state index contributed by atoms with van der Waals surface area (Å²) in [5.41, 5.74) is 1.88. The van der Waals surface area contributed by atoms with Gasteiger partial charge in [0.25, 0.3) is 0 Å². The van der Waals surface area contributed by atoms with Gasteiger partial charge in [0.05, 0.1) is 13.0 Å². The van der Waals surface area contributed by atoms with Crippen molar-refractivity contribution in [2.45, 2.75) is 25.1 Å². The maximum absolute atomic E-state index is 11.6. The van der Waals surface area contributed by atoms with Gasteiger partial charge in [0, 0.05) is 19.2 Å². The Morgan fingerprint density at radius 3 is 3.06 bits per heavy atom. The second-order valence-corrected chi connectivity index (χ2v) is 4.82. The Labute approximate surface area is 105 Å². The lowest BCUT2D eigenvalue weighted by molar-refractivity contribution is -0.145. The molecule has 1 saturated heterocycles. The number of carbonyl (C=O) groups excluding carboxylic acids is 1. The van der Waals surface area contributed by atoms with E-state index in [2.05, 4.69) is 5.32 Å². The summed E-state index contributed by atoms with van der Waals surface area (Å²) < 4.78 is 5.21. The Morgan fingerprint density at radius 2 is 2.39 bits per heavy atom. The van der Waals surface area contributed by atoms with Gasteiger partial charge >= 0.3 is 0 Å². The lowest BCUT2D eigenvalue weighted by Gasteiger charge is -2.33. The van der Waals surface area contributed by atoms with Crippen molar-refractivity contribution in [2.75, 3.05) is 19.0 Å². The summed E-state index contributed by atoms with van der Waals surface area (Å²) in [6, 6.07) is 5.64. The van der Waals surface area contributed by atoms with Crippen molar-refractivity contribution in [1.82, 2.24) is 4.90 Å². The zero-order valence-electron chi connectivity index (χ0n) is 10.4. The van der Waals surface area contributed by atoms with Gasteiger partial charge in [0.15, 0.2) is 0 Å². The van der Waals surface area contributed by atoms with Crippen LogP contribution in [0.3, 0.4) is 0 Å². The van der Waals surface area contributed by atoms with Crippen molar-refractivity contribution in [1.29, 1.82) is 0 Å². The quantitative estimate of drug-likeness (QED) is 0.781. The predicted octanol–water partition coefficient (Wildman–Crippen LogP) is 1.10. The summed E-state index contributed by atoms with van der Waals surface area (Å²) in [6.45, 7) is 2.05. The van der Waals surface area contributed by atoms with Gasteiger partial charge in [-0.1, -0.05) is 0 Å². The topological polar surface area (TPSA) is 61.8 Å². The van der Waals surface area contributed by atoms with Gasteiger partial charge in [0.1, 0.15) is 5.75 Å². The molecule has 0 saturated carbocycles. The fraction of sp³-hybridized carbons (Fsp3) is 0.462. The molecule has 3 rings (SSSR count). The molecule has 0 radical (unpaired) electrons. The van der Waals surface area contributed by atoms with E-state index in [-0.39, 0.29) is 11.8 Å². The van der Waals surface area contributed by atoms with Crippen LogP contribution in [0.2, 0.25) is 0 Å². The number of rotatable bonds is 1. The number of nitrogens with zero attached hydrogens (tertiary/aromatic N) is 1. The average Bonchev–Trinajstić information content (AvgIpc) is 2.79. The molecule has 5 heteroatoms. The van der Waals surface area contributed by atoms with E-state index in [0.29, 0.717) is 6.54 Å². The lowest BCUT2D eigenvalue weighted by atomic mass is 9.96. The molecule has 2 N–H and O–H groups in total. The van der Waals surface area contributed by atoms with Gasteiger partial charge in [-0.05, 0) is 30.2 Å². The molecule has 0 aliphatic carbocycles. The molecule has 96 valence electrons. The first-order valence-corrected chi connectivity index (χ1v) is 6.03. The molecule has 18 heavy (non-hydrogen) atoms. The predicted molar refractivity (Wildman–Crippen MR) is 66.3 cm³/mol. The van der Waals surface area contributed by atoms with Gasteiger partial charge in [-0.2, -0.15) is 0 Å². The van der Waals surface area contributed by atoms with Crippen LogP contribution in [-0.4, -0.2) is 35.4 Å². The minimum atomic E-state index is -1.28. The SMILES string of the molecule is COc1ccc2c(c1)C1CCN(C(C)=O)C1(O)N2. The van der Waals surface area contributed by atoms with E-state index < -0.39 is 5.85 Å². The fourth-order valence-corrected chi connectivity index (χ4v) is 3.01. The number of nitrogens with one attached hydrogen (secondary N) is 1. The number of hydrogen-bond acceptors (Lipinski definition) is 4. The van der Waals surface area contributed by atoms with Crippen LogP contribution in [0.5, 0.6) is 5.75 Å². The highest BCUT2D eigenvalue weighted by Crippen LogP contribution is 2.49. The molecular weight excluding hydrogens is 232 g/mol. The smallest absolute Gasteiger partial charge is 0.226 e. The number of fused-ring (bicyclic) bond motifs is 3. The molecule has 2 aliphatic rings. The number of anilines is 1. The van der Waals surface area contributed by atoms with Crippen molar-refractivity contribution in [3.63, 3.8) is 0 Å². The summed E-state index contributed by atoms with van der Waals surface area (Å²) in [5.74, 6) is -0.722. The molecule has 1 fully saturated rings. The number of likely N-dealkylation sites (tertiary alicyclic amines) is 1. The maximum atomic E-state index is 11.6. The standard InChI is InChI=1S/C13H16N2O3/c1-8(16)15-6-5-11-10-7-9(18-2)3-4-12(10)14-13(11,15)17/h3-4,7,11,14,17H,5-6H2,1-2H3. The number of amides is 1. The van der Waals surface area contributed by atoms with Crippen LogP contribution >= 0.6 is 0 Å². The molecule has 1 amide bonds. The van der Waals surface area contributed by atoms with E-state index in [0.717, 1.165) is 23.4 Å². The van der Waals surface area contributed by atoms with Gasteiger partial charge in [-0.3, -0.25) is 9.69 Å². The fourth-order valence-electron chi connectivity index (χ4n) is 3.01. The molecule has 2 heterocycles. The minimum absolute atomic E-state index is 0.0912. The van der Waals surface area contributed by atoms with Crippen LogP contribution in [0.4, 0.5) is 5.69 Å². The van der Waals surface area contributed by atoms with Crippen LogP contribution < -0.4 is 10.1 Å². The molecule has 0 bridgehead atoms. The monoisotopic (exact) mass is 248 g/mol. The summed E-state index contributed by atoms with van der Waals surface area (Å²) in [7, 11) is 1.62. The van der Waals surface area contributed by atoms with E-state index in [4.69, 9.17) is 4.74 Å². The van der Waals surface area contributed by atoms with E-state index in [1.165, 1.54) is 11.8 Å². The second-order valence-electron chi connectivity index (χ2n) is 4.82. The van der Waals surface area contributed by atoms with Crippen LogP contribution in [0.15, 0.2) is 18.2 Å². The van der Waals surface area contributed by atoms with E-state index in [1.54, 1.807) is 7.11 Å². The summed E-state index contributed by atoms with van der Waals surface area (Å²) in [5, 5.41) is 13.8. The first-order chi connectivity index (χ1) is 8.56. The molecule has 0 aromatic heterocycles. The van der Waals surface area contributed by atoms with Gasteiger partial charge in [-0.25, -0.2) is 0 Å². The third-order valence-corrected chi connectivity index (χ3v) is 3.87. The summed E-state index contributed by atoms with van der Waals surface area (Å²) in [4.78, 5) is 13.1. The molecule has 2 atom stereocenters. The molecule has 2 aliphatic heterocycles. The van der Waals surface area contributed by atoms with Crippen molar-refractivity contribution in [2.24, 2.45) is 0 Å². The van der Waals surface area contributed by atoms with Crippen molar-refractivity contribution in [3.05, 3.63) is 23.8 Å². The number of hydrogen-bond donors (Lipinski definition) is 2. The Kier molecular flexibility index (Phi) is 2.28. The molecule has 1 aromatic rings. The summed E-state index contributed by atoms with van der Waals surface area (Å²) in [6.07, 6.45) is 0.753. The van der Waals surface area contributed by atoms with Crippen molar-refractivity contribution in [3.8, 4) is 5.75 Å². The number of aliphatic hydroxyl groups is 1. The van der Waals surface area contributed by atoms with Gasteiger partial charge < -0.3 is 15.2 Å². The Hall–Kier alpha value is -1.75. The normalized spacial score (nSPS) is 28.6. The Balaban J connectivity index is 2.03. The number of carbonyl (C=O) groups is 1. The highest BCUT2D eigenvalue weighted by molar-refractivity contribution is 5.77. The van der Waals surface area contributed by atoms with E-state index in [1.807, 2.05) is 18.2 Å². The largest absolute Gasteiger partial charge is 0.497 e. The number of ether oxygens (including phenoxy) is 1. The van der Waals surface area contributed by atoms with Crippen molar-refractivity contribution < 1.29 is 14.6 Å². The minimum Gasteiger partial charge on any atom is -0.497 e.